The monoisotopic (exact) mass is 464 g/mol. The van der Waals surface area contributed by atoms with E-state index in [1.807, 2.05) is 35.2 Å². The van der Waals surface area contributed by atoms with Crippen molar-refractivity contribution < 1.29 is 9.53 Å². The number of benzene rings is 1. The van der Waals surface area contributed by atoms with Gasteiger partial charge in [-0.25, -0.2) is 9.36 Å². The second-order valence-electron chi connectivity index (χ2n) is 8.32. The minimum atomic E-state index is -0.677. The van der Waals surface area contributed by atoms with Crippen LogP contribution < -0.4 is 21.9 Å². The summed E-state index contributed by atoms with van der Waals surface area (Å²) in [7, 11) is 1.53. The highest BCUT2D eigenvalue weighted by atomic mass is 16.5. The second kappa shape index (κ2) is 9.97. The van der Waals surface area contributed by atoms with Crippen LogP contribution in [0.4, 0.5) is 5.95 Å². The summed E-state index contributed by atoms with van der Waals surface area (Å²) in [5.74, 6) is 5.69. The Morgan fingerprint density at radius 3 is 2.71 bits per heavy atom. The van der Waals surface area contributed by atoms with Gasteiger partial charge in [0.15, 0.2) is 11.2 Å². The van der Waals surface area contributed by atoms with Gasteiger partial charge in [0.05, 0.1) is 6.54 Å². The van der Waals surface area contributed by atoms with Crippen molar-refractivity contribution in [1.82, 2.24) is 18.7 Å². The van der Waals surface area contributed by atoms with Crippen LogP contribution in [0.15, 0.2) is 39.9 Å². The maximum Gasteiger partial charge on any atom is 0.333 e. The molecule has 1 unspecified atom stereocenters. The van der Waals surface area contributed by atoms with Crippen LogP contribution in [-0.4, -0.2) is 43.8 Å². The first-order valence-corrected chi connectivity index (χ1v) is 11.2. The highest BCUT2D eigenvalue weighted by Crippen LogP contribution is 2.22. The zero-order valence-corrected chi connectivity index (χ0v) is 19.4. The summed E-state index contributed by atoms with van der Waals surface area (Å²) >= 11 is 0. The van der Waals surface area contributed by atoms with Crippen LogP contribution in [0.1, 0.15) is 25.3 Å². The SMILES string of the molecule is CC#CCn1c(N2CCCC(N)C2)nc2c1c(=O)n(CC(=O)OCc1ccccc1)c(=O)n2C. The molecule has 1 saturated heterocycles. The number of fused-ring (bicyclic) bond motifs is 1. The molecule has 34 heavy (non-hydrogen) atoms. The molecule has 4 rings (SSSR count). The van der Waals surface area contributed by atoms with Crippen LogP contribution in [0.25, 0.3) is 11.2 Å². The molecule has 10 heteroatoms. The van der Waals surface area contributed by atoms with Crippen LogP contribution in [0.3, 0.4) is 0 Å². The number of imidazole rings is 1. The van der Waals surface area contributed by atoms with Crippen molar-refractivity contribution in [3.8, 4) is 11.8 Å². The van der Waals surface area contributed by atoms with E-state index >= 15 is 0 Å². The molecule has 0 aliphatic carbocycles. The third-order valence-electron chi connectivity index (χ3n) is 5.90. The predicted octanol–water partition coefficient (Wildman–Crippen LogP) is 0.591. The first-order valence-electron chi connectivity index (χ1n) is 11.2. The lowest BCUT2D eigenvalue weighted by Crippen LogP contribution is -2.44. The van der Waals surface area contributed by atoms with E-state index in [2.05, 4.69) is 16.8 Å². The molecule has 2 aromatic heterocycles. The highest BCUT2D eigenvalue weighted by Gasteiger charge is 2.26. The maximum absolute atomic E-state index is 13.4. The number of rotatable bonds is 6. The van der Waals surface area contributed by atoms with Crippen molar-refractivity contribution in [2.45, 2.75) is 45.5 Å². The minimum Gasteiger partial charge on any atom is -0.459 e. The Hall–Kier alpha value is -3.84. The van der Waals surface area contributed by atoms with Gasteiger partial charge in [0.25, 0.3) is 5.56 Å². The molecule has 1 atom stereocenters. The number of hydrogen-bond donors (Lipinski definition) is 1. The van der Waals surface area contributed by atoms with Gasteiger partial charge in [-0.2, -0.15) is 4.98 Å². The summed E-state index contributed by atoms with van der Waals surface area (Å²) in [5, 5.41) is 0. The van der Waals surface area contributed by atoms with Crippen molar-refractivity contribution in [2.24, 2.45) is 12.8 Å². The molecule has 0 bridgehead atoms. The number of nitrogens with zero attached hydrogens (tertiary/aromatic N) is 5. The Balaban J connectivity index is 1.73. The van der Waals surface area contributed by atoms with E-state index in [0.29, 0.717) is 12.5 Å². The number of carbonyl (C=O) groups excluding carboxylic acids is 1. The molecule has 1 aliphatic rings. The van der Waals surface area contributed by atoms with Crippen molar-refractivity contribution in [2.75, 3.05) is 18.0 Å². The highest BCUT2D eigenvalue weighted by molar-refractivity contribution is 5.76. The van der Waals surface area contributed by atoms with Crippen LogP contribution in [0.5, 0.6) is 0 Å². The number of nitrogens with two attached hydrogens (primary N) is 1. The molecule has 0 saturated carbocycles. The van der Waals surface area contributed by atoms with Crippen LogP contribution in [-0.2, 0) is 36.3 Å². The van der Waals surface area contributed by atoms with Crippen molar-refractivity contribution in [3.05, 3.63) is 56.7 Å². The zero-order chi connectivity index (χ0) is 24.2. The average Bonchev–Trinajstić information content (AvgIpc) is 3.23. The number of piperidine rings is 1. The molecular formula is C24H28N6O4. The third-order valence-corrected chi connectivity index (χ3v) is 5.90. The Labute approximate surface area is 196 Å². The molecule has 0 radical (unpaired) electrons. The fraction of sp³-hybridized carbons (Fsp3) is 0.417. The Morgan fingerprint density at radius 2 is 2.00 bits per heavy atom. The molecule has 1 aromatic carbocycles. The molecule has 3 aromatic rings. The van der Waals surface area contributed by atoms with Crippen molar-refractivity contribution >= 4 is 23.1 Å². The predicted molar refractivity (Wildman–Crippen MR) is 128 cm³/mol. The number of carbonyl (C=O) groups is 1. The number of aryl methyl sites for hydroxylation is 1. The molecule has 10 nitrogen and oxygen atoms in total. The van der Waals surface area contributed by atoms with E-state index in [9.17, 15) is 14.4 Å². The van der Waals surface area contributed by atoms with Crippen molar-refractivity contribution in [3.63, 3.8) is 0 Å². The molecule has 2 N–H and O–H groups in total. The number of esters is 1. The van der Waals surface area contributed by atoms with Gasteiger partial charge >= 0.3 is 11.7 Å². The standard InChI is InChI=1S/C24H28N6O4/c1-3-4-13-29-20-21(26-23(29)28-12-8-11-18(25)14-28)27(2)24(33)30(22(20)32)15-19(31)34-16-17-9-6-5-7-10-17/h5-7,9-10,18H,8,11-16,25H2,1-2H3. The number of anilines is 1. The topological polar surface area (TPSA) is 117 Å². The minimum absolute atomic E-state index is 0.000802. The average molecular weight is 465 g/mol. The van der Waals surface area contributed by atoms with Crippen LogP contribution in [0, 0.1) is 11.8 Å². The molecule has 0 amide bonds. The fourth-order valence-electron chi connectivity index (χ4n) is 4.15. The first kappa shape index (κ1) is 23.3. The van der Waals surface area contributed by atoms with Gasteiger partial charge in [0.2, 0.25) is 5.95 Å². The van der Waals surface area contributed by atoms with Gasteiger partial charge < -0.3 is 15.4 Å². The quantitative estimate of drug-likeness (QED) is 0.419. The lowest BCUT2D eigenvalue weighted by atomic mass is 10.1. The zero-order valence-electron chi connectivity index (χ0n) is 19.4. The summed E-state index contributed by atoms with van der Waals surface area (Å²) < 4.78 is 9.16. The Kier molecular flexibility index (Phi) is 6.84. The normalized spacial score (nSPS) is 15.7. The van der Waals surface area contributed by atoms with E-state index in [-0.39, 0.29) is 30.4 Å². The fourth-order valence-corrected chi connectivity index (χ4v) is 4.15. The summed E-state index contributed by atoms with van der Waals surface area (Å²) in [6.07, 6.45) is 1.82. The molecule has 0 spiro atoms. The number of hydrogen-bond acceptors (Lipinski definition) is 7. The second-order valence-corrected chi connectivity index (χ2v) is 8.32. The third kappa shape index (κ3) is 4.61. The maximum atomic E-state index is 13.4. The lowest BCUT2D eigenvalue weighted by molar-refractivity contribution is -0.145. The molecule has 178 valence electrons. The van der Waals surface area contributed by atoms with Gasteiger partial charge in [0, 0.05) is 26.2 Å². The largest absolute Gasteiger partial charge is 0.459 e. The van der Waals surface area contributed by atoms with Crippen molar-refractivity contribution in [1.29, 1.82) is 0 Å². The van der Waals surface area contributed by atoms with Gasteiger partial charge in [-0.3, -0.25) is 18.7 Å². The summed E-state index contributed by atoms with van der Waals surface area (Å²) in [4.78, 5) is 45.6. The summed E-state index contributed by atoms with van der Waals surface area (Å²) in [5.41, 5.74) is 6.20. The number of ether oxygens (including phenoxy) is 1. The molecular weight excluding hydrogens is 436 g/mol. The molecule has 1 aliphatic heterocycles. The van der Waals surface area contributed by atoms with Gasteiger partial charge in [-0.05, 0) is 25.3 Å². The van der Waals surface area contributed by atoms with Crippen LogP contribution >= 0.6 is 0 Å². The van der Waals surface area contributed by atoms with Crippen LogP contribution in [0.2, 0.25) is 0 Å². The summed E-state index contributed by atoms with van der Waals surface area (Å²) in [6.45, 7) is 2.83. The van der Waals surface area contributed by atoms with Gasteiger partial charge in [-0.1, -0.05) is 36.3 Å². The lowest BCUT2D eigenvalue weighted by Gasteiger charge is -2.31. The van der Waals surface area contributed by atoms with Gasteiger partial charge in [0.1, 0.15) is 13.2 Å². The Morgan fingerprint density at radius 1 is 1.24 bits per heavy atom. The molecule has 1 fully saturated rings. The smallest absolute Gasteiger partial charge is 0.333 e. The first-order chi connectivity index (χ1) is 16.4. The Bertz CT molecular complexity index is 1380. The van der Waals surface area contributed by atoms with Gasteiger partial charge in [-0.15, -0.1) is 5.92 Å². The summed E-state index contributed by atoms with van der Waals surface area (Å²) in [6, 6.07) is 9.19. The van der Waals surface area contributed by atoms with E-state index in [1.54, 1.807) is 11.5 Å². The van der Waals surface area contributed by atoms with E-state index < -0.39 is 23.8 Å². The number of aromatic nitrogens is 4. The van der Waals surface area contributed by atoms with E-state index in [1.165, 1.54) is 11.6 Å². The molecule has 3 heterocycles. The van der Waals surface area contributed by atoms with E-state index in [0.717, 1.165) is 29.5 Å². The van der Waals surface area contributed by atoms with E-state index in [4.69, 9.17) is 10.5 Å².